The third kappa shape index (κ3) is 3.86. The maximum Gasteiger partial charge on any atom is 0.405 e. The highest BCUT2D eigenvalue weighted by Gasteiger charge is 2.28. The van der Waals surface area contributed by atoms with Gasteiger partial charge in [-0.3, -0.25) is 13.9 Å². The topological polar surface area (TPSA) is 56.0 Å². The van der Waals surface area contributed by atoms with E-state index in [-0.39, 0.29) is 5.69 Å². The lowest BCUT2D eigenvalue weighted by atomic mass is 10.2. The minimum atomic E-state index is -4.55. The zero-order valence-electron chi connectivity index (χ0n) is 14.2. The molecule has 0 aliphatic carbocycles. The van der Waals surface area contributed by atoms with E-state index in [1.54, 1.807) is 42.6 Å². The highest BCUT2D eigenvalue weighted by atomic mass is 19.4. The number of hydrogen-bond acceptors (Lipinski definition) is 2. The standard InChI is InChI=1S/C18H15F4N3O2/c1-11-6-7-12(8-13(11)19)25-15-5-3-2-4-14(15)24(17(25)27)9-16(26)23-10-18(20,21)22/h2-8H,9-10H2,1H3,(H,23,26). The lowest BCUT2D eigenvalue weighted by Gasteiger charge is -2.08. The summed E-state index contributed by atoms with van der Waals surface area (Å²) in [5.41, 5.74) is 0.775. The summed E-state index contributed by atoms with van der Waals surface area (Å²) in [5.74, 6) is -1.45. The van der Waals surface area contributed by atoms with E-state index in [0.29, 0.717) is 16.6 Å². The number of amides is 1. The lowest BCUT2D eigenvalue weighted by molar-refractivity contribution is -0.138. The lowest BCUT2D eigenvalue weighted by Crippen LogP contribution is -2.37. The number of fused-ring (bicyclic) bond motifs is 1. The Balaban J connectivity index is 2.05. The first-order chi connectivity index (χ1) is 12.7. The van der Waals surface area contributed by atoms with Crippen LogP contribution < -0.4 is 11.0 Å². The Morgan fingerprint density at radius 2 is 1.78 bits per heavy atom. The number of nitrogens with one attached hydrogen (secondary N) is 1. The summed E-state index contributed by atoms with van der Waals surface area (Å²) in [7, 11) is 0. The third-order valence-electron chi connectivity index (χ3n) is 4.04. The molecule has 1 aromatic heterocycles. The van der Waals surface area contributed by atoms with Gasteiger partial charge in [-0.2, -0.15) is 13.2 Å². The number of benzene rings is 2. The number of carbonyl (C=O) groups is 1. The van der Waals surface area contributed by atoms with Crippen LogP contribution in [0.15, 0.2) is 47.3 Å². The molecular weight excluding hydrogens is 366 g/mol. The first-order valence-corrected chi connectivity index (χ1v) is 7.97. The molecule has 27 heavy (non-hydrogen) atoms. The summed E-state index contributed by atoms with van der Waals surface area (Å²) >= 11 is 0. The Labute approximate surface area is 150 Å². The van der Waals surface area contributed by atoms with Gasteiger partial charge in [0.2, 0.25) is 5.91 Å². The summed E-state index contributed by atoms with van der Waals surface area (Å²) in [6.07, 6.45) is -4.55. The number of aryl methyl sites for hydroxylation is 1. The van der Waals surface area contributed by atoms with Gasteiger partial charge in [0.25, 0.3) is 0 Å². The van der Waals surface area contributed by atoms with E-state index >= 15 is 0 Å². The van der Waals surface area contributed by atoms with Crippen molar-refractivity contribution >= 4 is 16.9 Å². The molecule has 0 saturated carbocycles. The number of imidazole rings is 1. The number of rotatable bonds is 4. The smallest absolute Gasteiger partial charge is 0.345 e. The van der Waals surface area contributed by atoms with E-state index in [2.05, 4.69) is 0 Å². The summed E-state index contributed by atoms with van der Waals surface area (Å²) in [4.78, 5) is 24.7. The molecular formula is C18H15F4N3O2. The highest BCUT2D eigenvalue weighted by Crippen LogP contribution is 2.19. The molecule has 0 bridgehead atoms. The van der Waals surface area contributed by atoms with Crippen LogP contribution in [0.2, 0.25) is 0 Å². The Hall–Kier alpha value is -3.10. The molecule has 0 atom stereocenters. The molecule has 3 aromatic rings. The second-order valence-corrected chi connectivity index (χ2v) is 6.02. The Kier molecular flexibility index (Phi) is 4.77. The Bertz CT molecular complexity index is 1070. The predicted molar refractivity (Wildman–Crippen MR) is 91.3 cm³/mol. The van der Waals surface area contributed by atoms with Crippen molar-refractivity contribution < 1.29 is 22.4 Å². The van der Waals surface area contributed by atoms with Crippen molar-refractivity contribution in [2.24, 2.45) is 0 Å². The van der Waals surface area contributed by atoms with E-state index in [9.17, 15) is 27.2 Å². The quantitative estimate of drug-likeness (QED) is 0.707. The van der Waals surface area contributed by atoms with Crippen molar-refractivity contribution in [2.75, 3.05) is 6.54 Å². The van der Waals surface area contributed by atoms with Crippen LogP contribution in [-0.4, -0.2) is 27.8 Å². The molecule has 1 heterocycles. The average molecular weight is 381 g/mol. The molecule has 0 aliphatic heterocycles. The molecule has 1 amide bonds. The zero-order chi connectivity index (χ0) is 19.8. The summed E-state index contributed by atoms with van der Waals surface area (Å²) in [6.45, 7) is -0.491. The fourth-order valence-electron chi connectivity index (χ4n) is 2.73. The van der Waals surface area contributed by atoms with Crippen molar-refractivity contribution in [1.29, 1.82) is 0 Å². The van der Waals surface area contributed by atoms with Gasteiger partial charge in [0, 0.05) is 0 Å². The van der Waals surface area contributed by atoms with E-state index in [0.717, 1.165) is 4.57 Å². The maximum absolute atomic E-state index is 13.9. The Morgan fingerprint density at radius 1 is 1.11 bits per heavy atom. The van der Waals surface area contributed by atoms with Crippen LogP contribution in [0.5, 0.6) is 0 Å². The van der Waals surface area contributed by atoms with Gasteiger partial charge in [0.1, 0.15) is 18.9 Å². The van der Waals surface area contributed by atoms with Crippen LogP contribution in [0.3, 0.4) is 0 Å². The van der Waals surface area contributed by atoms with Crippen molar-refractivity contribution in [1.82, 2.24) is 14.5 Å². The molecule has 0 unspecified atom stereocenters. The van der Waals surface area contributed by atoms with Crippen molar-refractivity contribution in [3.05, 3.63) is 64.3 Å². The monoisotopic (exact) mass is 381 g/mol. The normalized spacial score (nSPS) is 11.7. The largest absolute Gasteiger partial charge is 0.405 e. The fourth-order valence-corrected chi connectivity index (χ4v) is 2.73. The summed E-state index contributed by atoms with van der Waals surface area (Å²) in [5, 5.41) is 1.74. The third-order valence-corrected chi connectivity index (χ3v) is 4.04. The van der Waals surface area contributed by atoms with Gasteiger partial charge in [-0.15, -0.1) is 0 Å². The van der Waals surface area contributed by atoms with E-state index < -0.39 is 36.7 Å². The van der Waals surface area contributed by atoms with Crippen LogP contribution in [0.1, 0.15) is 5.56 Å². The Morgan fingerprint density at radius 3 is 2.41 bits per heavy atom. The molecule has 9 heteroatoms. The average Bonchev–Trinajstić information content (AvgIpc) is 2.87. The minimum absolute atomic E-state index is 0.258. The SMILES string of the molecule is Cc1ccc(-n2c(=O)n(CC(=O)NCC(F)(F)F)c3ccccc32)cc1F. The number of aromatic nitrogens is 2. The zero-order valence-corrected chi connectivity index (χ0v) is 14.2. The number of nitrogens with zero attached hydrogens (tertiary/aromatic N) is 2. The van der Waals surface area contributed by atoms with Crippen LogP contribution in [0.25, 0.3) is 16.7 Å². The highest BCUT2D eigenvalue weighted by molar-refractivity contribution is 5.82. The number of carbonyl (C=O) groups excluding carboxylic acids is 1. The molecule has 0 spiro atoms. The number of para-hydroxylation sites is 2. The van der Waals surface area contributed by atoms with Crippen LogP contribution in [-0.2, 0) is 11.3 Å². The van der Waals surface area contributed by atoms with Crippen molar-refractivity contribution in [3.8, 4) is 5.69 Å². The van der Waals surface area contributed by atoms with Crippen molar-refractivity contribution in [2.45, 2.75) is 19.6 Å². The van der Waals surface area contributed by atoms with Gasteiger partial charge in [0.05, 0.1) is 16.7 Å². The molecule has 1 N–H and O–H groups in total. The molecule has 0 aliphatic rings. The second-order valence-electron chi connectivity index (χ2n) is 6.02. The maximum atomic E-state index is 13.9. The molecule has 3 rings (SSSR count). The van der Waals surface area contributed by atoms with Gasteiger partial charge < -0.3 is 5.32 Å². The van der Waals surface area contributed by atoms with Crippen molar-refractivity contribution in [3.63, 3.8) is 0 Å². The van der Waals surface area contributed by atoms with Gasteiger partial charge >= 0.3 is 11.9 Å². The van der Waals surface area contributed by atoms with E-state index in [4.69, 9.17) is 0 Å². The number of alkyl halides is 3. The fraction of sp³-hybridized carbons (Fsp3) is 0.222. The summed E-state index contributed by atoms with van der Waals surface area (Å²) in [6, 6.07) is 10.7. The van der Waals surface area contributed by atoms with Gasteiger partial charge in [-0.1, -0.05) is 18.2 Å². The molecule has 0 fully saturated rings. The van der Waals surface area contributed by atoms with Gasteiger partial charge in [0.15, 0.2) is 0 Å². The summed E-state index contributed by atoms with van der Waals surface area (Å²) < 4.78 is 53.0. The molecule has 142 valence electrons. The van der Waals surface area contributed by atoms with Crippen LogP contribution >= 0.6 is 0 Å². The molecule has 0 radical (unpaired) electrons. The van der Waals surface area contributed by atoms with Crippen LogP contribution in [0, 0.1) is 12.7 Å². The number of halogens is 4. The minimum Gasteiger partial charge on any atom is -0.345 e. The van der Waals surface area contributed by atoms with Gasteiger partial charge in [-0.05, 0) is 36.8 Å². The second kappa shape index (κ2) is 6.90. The first-order valence-electron chi connectivity index (χ1n) is 7.97. The van der Waals surface area contributed by atoms with E-state index in [1.165, 1.54) is 16.7 Å². The molecule has 0 saturated heterocycles. The molecule has 5 nitrogen and oxygen atoms in total. The first kappa shape index (κ1) is 18.7. The number of hydrogen-bond donors (Lipinski definition) is 1. The molecule has 2 aromatic carbocycles. The van der Waals surface area contributed by atoms with E-state index in [1.807, 2.05) is 0 Å². The van der Waals surface area contributed by atoms with Gasteiger partial charge in [-0.25, -0.2) is 9.18 Å². The van der Waals surface area contributed by atoms with Crippen LogP contribution in [0.4, 0.5) is 17.6 Å². The predicted octanol–water partition coefficient (Wildman–Crippen LogP) is 2.92.